The fourth-order valence-corrected chi connectivity index (χ4v) is 9.61. The van der Waals surface area contributed by atoms with E-state index >= 15 is 0 Å². The minimum absolute atomic E-state index is 0.0236. The van der Waals surface area contributed by atoms with Crippen molar-refractivity contribution in [3.05, 3.63) is 36.5 Å². The van der Waals surface area contributed by atoms with Crippen LogP contribution in [0.15, 0.2) is 36.5 Å². The van der Waals surface area contributed by atoms with E-state index in [-0.39, 0.29) is 18.5 Å². The molecule has 2 unspecified atom stereocenters. The van der Waals surface area contributed by atoms with Gasteiger partial charge in [-0.2, -0.15) is 0 Å². The highest BCUT2D eigenvalue weighted by Gasteiger charge is 2.20. The average molecular weight is 985 g/mol. The second-order valence-corrected chi connectivity index (χ2v) is 21.4. The maximum atomic E-state index is 12.5. The monoisotopic (exact) mass is 984 g/mol. The summed E-state index contributed by atoms with van der Waals surface area (Å²) in [6, 6.07) is -0.555. The molecule has 0 rings (SSSR count). The Hall–Kier alpha value is -1.92. The first-order valence-electron chi connectivity index (χ1n) is 31.2. The second kappa shape index (κ2) is 59.6. The first-order valence-corrected chi connectivity index (χ1v) is 31.2. The van der Waals surface area contributed by atoms with Gasteiger partial charge in [-0.3, -0.25) is 9.59 Å². The zero-order chi connectivity index (χ0) is 50.7. The molecule has 0 radical (unpaired) electrons. The van der Waals surface area contributed by atoms with Gasteiger partial charge in [-0.15, -0.1) is 0 Å². The van der Waals surface area contributed by atoms with E-state index in [4.69, 9.17) is 4.74 Å². The molecule has 2 atom stereocenters. The van der Waals surface area contributed by atoms with Crippen molar-refractivity contribution in [3.8, 4) is 0 Å². The highest BCUT2D eigenvalue weighted by Crippen LogP contribution is 2.17. The fourth-order valence-electron chi connectivity index (χ4n) is 9.61. The summed E-state index contributed by atoms with van der Waals surface area (Å²) < 4.78 is 5.45. The van der Waals surface area contributed by atoms with E-state index in [0.717, 1.165) is 83.5 Å². The molecule has 412 valence electrons. The number of ether oxygens (including phenoxy) is 1. The second-order valence-electron chi connectivity index (χ2n) is 21.4. The lowest BCUT2D eigenvalue weighted by molar-refractivity contribution is -0.143. The van der Waals surface area contributed by atoms with Crippen LogP contribution in [0.25, 0.3) is 0 Å². The molecule has 0 spiro atoms. The molecule has 0 aromatic rings. The lowest BCUT2D eigenvalue weighted by atomic mass is 10.0. The number of unbranched alkanes of at least 4 members (excludes halogenated alkanes) is 41. The number of aliphatic hydroxyl groups excluding tert-OH is 2. The lowest BCUT2D eigenvalue weighted by Crippen LogP contribution is -2.45. The summed E-state index contributed by atoms with van der Waals surface area (Å²) >= 11 is 0. The SMILES string of the molecule is CCCCCCC/C=C\CCCCCCCC(=O)OCCCCC/C=C\C/C=C\CCCCCCCCCC(=O)NC(CO)C(O)CCCCCCCCCCCCCCCCCCCCCCCC. The fraction of sp³-hybridized carbons (Fsp3) is 0.875. The maximum absolute atomic E-state index is 12.5. The van der Waals surface area contributed by atoms with Crippen LogP contribution in [-0.2, 0) is 14.3 Å². The molecule has 0 aromatic heterocycles. The number of rotatable bonds is 58. The summed E-state index contributed by atoms with van der Waals surface area (Å²) in [7, 11) is 0. The van der Waals surface area contributed by atoms with Crippen molar-refractivity contribution >= 4 is 11.9 Å². The largest absolute Gasteiger partial charge is 0.466 e. The molecule has 6 nitrogen and oxygen atoms in total. The third kappa shape index (κ3) is 55.4. The molecule has 0 aliphatic heterocycles. The lowest BCUT2D eigenvalue weighted by Gasteiger charge is -2.22. The summed E-state index contributed by atoms with van der Waals surface area (Å²) in [5.41, 5.74) is 0. The molecule has 0 saturated carbocycles. The smallest absolute Gasteiger partial charge is 0.305 e. The number of aliphatic hydroxyl groups is 2. The van der Waals surface area contributed by atoms with Gasteiger partial charge in [0.1, 0.15) is 0 Å². The van der Waals surface area contributed by atoms with E-state index in [1.165, 1.54) is 218 Å². The van der Waals surface area contributed by atoms with Crippen LogP contribution in [0.5, 0.6) is 0 Å². The molecular weight excluding hydrogens is 863 g/mol. The van der Waals surface area contributed by atoms with E-state index in [1.807, 2.05) is 0 Å². The molecule has 0 bridgehead atoms. The number of hydrogen-bond acceptors (Lipinski definition) is 5. The van der Waals surface area contributed by atoms with Crippen LogP contribution in [0.3, 0.4) is 0 Å². The van der Waals surface area contributed by atoms with Crippen molar-refractivity contribution in [2.45, 2.75) is 347 Å². The zero-order valence-electron chi connectivity index (χ0n) is 47.0. The number of esters is 1. The number of carbonyl (C=O) groups excluding carboxylic acids is 2. The van der Waals surface area contributed by atoms with Gasteiger partial charge in [-0.05, 0) is 89.9 Å². The minimum Gasteiger partial charge on any atom is -0.466 e. The highest BCUT2D eigenvalue weighted by atomic mass is 16.5. The van der Waals surface area contributed by atoms with Crippen molar-refractivity contribution in [2.75, 3.05) is 13.2 Å². The topological polar surface area (TPSA) is 95.9 Å². The number of nitrogens with one attached hydrogen (secondary N) is 1. The van der Waals surface area contributed by atoms with Gasteiger partial charge in [-0.25, -0.2) is 0 Å². The van der Waals surface area contributed by atoms with Gasteiger partial charge < -0.3 is 20.3 Å². The van der Waals surface area contributed by atoms with Crippen LogP contribution in [0.4, 0.5) is 0 Å². The highest BCUT2D eigenvalue weighted by molar-refractivity contribution is 5.76. The van der Waals surface area contributed by atoms with Gasteiger partial charge in [0.2, 0.25) is 5.91 Å². The molecule has 0 fully saturated rings. The van der Waals surface area contributed by atoms with E-state index in [1.54, 1.807) is 0 Å². The van der Waals surface area contributed by atoms with Crippen molar-refractivity contribution in [2.24, 2.45) is 0 Å². The quantitative estimate of drug-likeness (QED) is 0.0321. The number of amides is 1. The Bertz CT molecular complexity index is 1130. The Morgan fingerprint density at radius 2 is 0.714 bits per heavy atom. The van der Waals surface area contributed by atoms with Crippen LogP contribution in [0, 0.1) is 0 Å². The summed E-state index contributed by atoms with van der Waals surface area (Å²) in [5.74, 6) is -0.0722. The zero-order valence-corrected chi connectivity index (χ0v) is 47.0. The molecule has 0 aliphatic rings. The van der Waals surface area contributed by atoms with Crippen molar-refractivity contribution in [1.82, 2.24) is 5.32 Å². The molecule has 0 saturated heterocycles. The van der Waals surface area contributed by atoms with Gasteiger partial charge >= 0.3 is 5.97 Å². The summed E-state index contributed by atoms with van der Waals surface area (Å²) in [6.07, 6.45) is 74.4. The molecule has 70 heavy (non-hydrogen) atoms. The molecular formula is C64H121NO5. The van der Waals surface area contributed by atoms with Crippen molar-refractivity contribution in [3.63, 3.8) is 0 Å². The van der Waals surface area contributed by atoms with E-state index < -0.39 is 12.1 Å². The summed E-state index contributed by atoms with van der Waals surface area (Å²) in [4.78, 5) is 24.5. The summed E-state index contributed by atoms with van der Waals surface area (Å²) in [5, 5.41) is 23.4. The van der Waals surface area contributed by atoms with Gasteiger partial charge in [0.25, 0.3) is 0 Å². The Labute approximate surface area is 436 Å². The Kier molecular flexibility index (Phi) is 58.0. The van der Waals surface area contributed by atoms with Crippen molar-refractivity contribution in [1.29, 1.82) is 0 Å². The number of allylic oxidation sites excluding steroid dienone is 6. The van der Waals surface area contributed by atoms with Crippen LogP contribution >= 0.6 is 0 Å². The van der Waals surface area contributed by atoms with Crippen LogP contribution in [0.2, 0.25) is 0 Å². The average Bonchev–Trinajstić information content (AvgIpc) is 3.36. The Morgan fingerprint density at radius 1 is 0.400 bits per heavy atom. The first-order chi connectivity index (χ1) is 34.5. The number of carbonyl (C=O) groups is 2. The predicted octanol–water partition coefficient (Wildman–Crippen LogP) is 19.6. The third-order valence-electron chi connectivity index (χ3n) is 14.4. The Morgan fingerprint density at radius 3 is 1.10 bits per heavy atom. The van der Waals surface area contributed by atoms with Crippen LogP contribution < -0.4 is 5.32 Å². The van der Waals surface area contributed by atoms with E-state index in [2.05, 4.69) is 55.6 Å². The minimum atomic E-state index is -0.677. The third-order valence-corrected chi connectivity index (χ3v) is 14.4. The van der Waals surface area contributed by atoms with Gasteiger partial charge in [0, 0.05) is 12.8 Å². The molecule has 0 aliphatic carbocycles. The van der Waals surface area contributed by atoms with Gasteiger partial charge in [0.05, 0.1) is 25.4 Å². The van der Waals surface area contributed by atoms with Crippen LogP contribution in [-0.4, -0.2) is 47.4 Å². The Balaban J connectivity index is 3.49. The molecule has 0 heterocycles. The first kappa shape index (κ1) is 68.1. The molecule has 0 aromatic carbocycles. The van der Waals surface area contributed by atoms with Crippen molar-refractivity contribution < 1.29 is 24.5 Å². The van der Waals surface area contributed by atoms with E-state index in [9.17, 15) is 19.8 Å². The molecule has 1 amide bonds. The van der Waals surface area contributed by atoms with Gasteiger partial charge in [-0.1, -0.05) is 269 Å². The van der Waals surface area contributed by atoms with Gasteiger partial charge in [0.15, 0.2) is 0 Å². The standard InChI is InChI=1S/C64H121NO5/c1-3-5-7-9-11-13-15-17-19-20-21-22-23-24-26-29-32-36-40-44-48-52-56-62(67)61(60-66)65-63(68)57-53-49-45-41-37-33-30-27-25-28-31-35-39-43-47-51-55-59-70-64(69)58-54-50-46-42-38-34-18-16-14-12-10-8-6-4-2/h16,18,25,28,35,39,61-62,66-67H,3-15,17,19-24,26-27,29-34,36-38,40-60H2,1-2H3,(H,65,68)/b18-16-,28-25-,39-35-. The van der Waals surface area contributed by atoms with E-state index in [0.29, 0.717) is 25.9 Å². The summed E-state index contributed by atoms with van der Waals surface area (Å²) in [6.45, 7) is 4.91. The molecule has 6 heteroatoms. The molecule has 3 N–H and O–H groups in total. The maximum Gasteiger partial charge on any atom is 0.305 e. The predicted molar refractivity (Wildman–Crippen MR) is 306 cm³/mol. The number of hydrogen-bond donors (Lipinski definition) is 3. The normalized spacial score (nSPS) is 12.8. The van der Waals surface area contributed by atoms with Crippen LogP contribution in [0.1, 0.15) is 335 Å².